The van der Waals surface area contributed by atoms with Crippen LogP contribution in [0.15, 0.2) is 71.9 Å². The number of benzene rings is 2. The molecule has 0 aliphatic carbocycles. The lowest BCUT2D eigenvalue weighted by atomic mass is 9.98. The van der Waals surface area contributed by atoms with Crippen molar-refractivity contribution in [2.24, 2.45) is 7.05 Å². The minimum Gasteiger partial charge on any atom is -0.350 e. The SMILES string of the molecule is CC1=C(C)C(c2cn(C)c3ccccc23)N(CCc2ccccc2)C1=O. The molecule has 4 rings (SSSR count). The van der Waals surface area contributed by atoms with Gasteiger partial charge in [-0.15, -0.1) is 0 Å². The molecule has 1 atom stereocenters. The molecule has 3 heteroatoms. The summed E-state index contributed by atoms with van der Waals surface area (Å²) in [4.78, 5) is 15.0. The Labute approximate surface area is 154 Å². The van der Waals surface area contributed by atoms with E-state index in [4.69, 9.17) is 0 Å². The van der Waals surface area contributed by atoms with Crippen molar-refractivity contribution in [1.82, 2.24) is 9.47 Å². The van der Waals surface area contributed by atoms with Crippen molar-refractivity contribution in [3.63, 3.8) is 0 Å². The first-order chi connectivity index (χ1) is 12.6. The molecule has 1 amide bonds. The maximum atomic E-state index is 12.9. The predicted molar refractivity (Wildman–Crippen MR) is 106 cm³/mol. The summed E-state index contributed by atoms with van der Waals surface area (Å²) in [5.74, 6) is 0.163. The van der Waals surface area contributed by atoms with Crippen LogP contribution in [-0.2, 0) is 18.3 Å². The van der Waals surface area contributed by atoms with Crippen molar-refractivity contribution in [3.8, 4) is 0 Å². The van der Waals surface area contributed by atoms with E-state index in [0.717, 1.165) is 18.5 Å². The zero-order valence-corrected chi connectivity index (χ0v) is 15.6. The van der Waals surface area contributed by atoms with E-state index in [9.17, 15) is 4.79 Å². The standard InChI is InChI=1S/C23H24N2O/c1-16-17(2)23(26)25(14-13-18-9-5-4-6-10-18)22(16)20-15-24(3)21-12-8-7-11-19(20)21/h4-12,15,22H,13-14H2,1-3H3. The Morgan fingerprint density at radius 3 is 2.42 bits per heavy atom. The molecule has 1 unspecified atom stereocenters. The number of aromatic nitrogens is 1. The third-order valence-electron chi connectivity index (χ3n) is 5.60. The van der Waals surface area contributed by atoms with E-state index in [0.29, 0.717) is 0 Å². The first-order valence-corrected chi connectivity index (χ1v) is 9.14. The third kappa shape index (κ3) is 2.64. The van der Waals surface area contributed by atoms with E-state index < -0.39 is 0 Å². The van der Waals surface area contributed by atoms with E-state index in [1.54, 1.807) is 0 Å². The van der Waals surface area contributed by atoms with Crippen LogP contribution >= 0.6 is 0 Å². The molecule has 1 aliphatic heterocycles. The average molecular weight is 344 g/mol. The van der Waals surface area contributed by atoms with Crippen molar-refractivity contribution in [2.45, 2.75) is 26.3 Å². The van der Waals surface area contributed by atoms with Crippen LogP contribution in [0.3, 0.4) is 0 Å². The van der Waals surface area contributed by atoms with Crippen molar-refractivity contribution in [1.29, 1.82) is 0 Å². The highest BCUT2D eigenvalue weighted by molar-refractivity contribution is 5.98. The molecule has 0 bridgehead atoms. The number of carbonyl (C=O) groups is 1. The molecule has 0 N–H and O–H groups in total. The van der Waals surface area contributed by atoms with Gasteiger partial charge in [0.25, 0.3) is 0 Å². The summed E-state index contributed by atoms with van der Waals surface area (Å²) in [5.41, 5.74) is 5.74. The highest BCUT2D eigenvalue weighted by Crippen LogP contribution is 2.40. The van der Waals surface area contributed by atoms with Gasteiger partial charge in [-0.1, -0.05) is 48.5 Å². The van der Waals surface area contributed by atoms with Crippen LogP contribution in [0.5, 0.6) is 0 Å². The van der Waals surface area contributed by atoms with Crippen LogP contribution in [0, 0.1) is 0 Å². The maximum Gasteiger partial charge on any atom is 0.250 e. The second-order valence-corrected chi connectivity index (χ2v) is 7.16. The van der Waals surface area contributed by atoms with Crippen molar-refractivity contribution in [3.05, 3.63) is 83.1 Å². The lowest BCUT2D eigenvalue weighted by molar-refractivity contribution is -0.127. The first kappa shape index (κ1) is 16.6. The largest absolute Gasteiger partial charge is 0.350 e. The van der Waals surface area contributed by atoms with Gasteiger partial charge in [0.05, 0.1) is 6.04 Å². The minimum atomic E-state index is 0.0253. The molecule has 2 aromatic carbocycles. The number of nitrogens with zero attached hydrogens (tertiary/aromatic N) is 2. The summed E-state index contributed by atoms with van der Waals surface area (Å²) < 4.78 is 2.16. The lowest BCUT2D eigenvalue weighted by Crippen LogP contribution is -2.32. The van der Waals surface area contributed by atoms with E-state index in [2.05, 4.69) is 73.3 Å². The van der Waals surface area contributed by atoms with Gasteiger partial charge in [-0.25, -0.2) is 0 Å². The van der Waals surface area contributed by atoms with E-state index in [-0.39, 0.29) is 11.9 Å². The zero-order valence-electron chi connectivity index (χ0n) is 15.6. The lowest BCUT2D eigenvalue weighted by Gasteiger charge is -2.26. The number of para-hydroxylation sites is 1. The topological polar surface area (TPSA) is 25.2 Å². The van der Waals surface area contributed by atoms with Gasteiger partial charge < -0.3 is 9.47 Å². The summed E-state index contributed by atoms with van der Waals surface area (Å²) in [6, 6.07) is 18.8. The predicted octanol–water partition coefficient (Wildman–Crippen LogP) is 4.64. The molecule has 0 spiro atoms. The van der Waals surface area contributed by atoms with E-state index >= 15 is 0 Å². The second kappa shape index (κ2) is 6.49. The summed E-state index contributed by atoms with van der Waals surface area (Å²) in [5, 5.41) is 1.23. The molecule has 0 saturated heterocycles. The molecule has 0 saturated carbocycles. The molecule has 1 aliphatic rings. The van der Waals surface area contributed by atoms with Crippen LogP contribution < -0.4 is 0 Å². The van der Waals surface area contributed by atoms with Crippen LogP contribution in [0.25, 0.3) is 10.9 Å². The second-order valence-electron chi connectivity index (χ2n) is 7.16. The Hall–Kier alpha value is -2.81. The van der Waals surface area contributed by atoms with Gasteiger partial charge in [0.1, 0.15) is 0 Å². The maximum absolute atomic E-state index is 12.9. The summed E-state index contributed by atoms with van der Waals surface area (Å²) >= 11 is 0. The highest BCUT2D eigenvalue weighted by atomic mass is 16.2. The number of hydrogen-bond acceptors (Lipinski definition) is 1. The summed E-state index contributed by atoms with van der Waals surface area (Å²) in [6.07, 6.45) is 3.05. The summed E-state index contributed by atoms with van der Waals surface area (Å²) in [6.45, 7) is 4.78. The van der Waals surface area contributed by atoms with Crippen molar-refractivity contribution >= 4 is 16.8 Å². The van der Waals surface area contributed by atoms with Gasteiger partial charge in [-0.2, -0.15) is 0 Å². The molecule has 1 aromatic heterocycles. The highest BCUT2D eigenvalue weighted by Gasteiger charge is 2.36. The first-order valence-electron chi connectivity index (χ1n) is 9.14. The molecule has 0 fully saturated rings. The molecule has 132 valence electrons. The summed E-state index contributed by atoms with van der Waals surface area (Å²) in [7, 11) is 2.07. The van der Waals surface area contributed by atoms with Gasteiger partial charge in [0.2, 0.25) is 5.91 Å². The number of carbonyl (C=O) groups excluding carboxylic acids is 1. The van der Waals surface area contributed by atoms with Crippen LogP contribution in [0.1, 0.15) is 31.0 Å². The number of hydrogen-bond donors (Lipinski definition) is 0. The van der Waals surface area contributed by atoms with Crippen molar-refractivity contribution in [2.75, 3.05) is 6.54 Å². The quantitative estimate of drug-likeness (QED) is 0.677. The van der Waals surface area contributed by atoms with E-state index in [1.807, 2.05) is 17.9 Å². The molecule has 3 nitrogen and oxygen atoms in total. The van der Waals surface area contributed by atoms with Crippen LogP contribution in [0.2, 0.25) is 0 Å². The smallest absolute Gasteiger partial charge is 0.250 e. The monoisotopic (exact) mass is 344 g/mol. The van der Waals surface area contributed by atoms with E-state index in [1.165, 1.54) is 27.6 Å². The molecule has 3 aromatic rings. The fourth-order valence-corrected chi connectivity index (χ4v) is 4.06. The number of fused-ring (bicyclic) bond motifs is 1. The molecule has 2 heterocycles. The Balaban J connectivity index is 1.72. The number of aryl methyl sites for hydroxylation is 1. The fraction of sp³-hybridized carbons (Fsp3) is 0.261. The van der Waals surface area contributed by atoms with Crippen molar-refractivity contribution < 1.29 is 4.79 Å². The van der Waals surface area contributed by atoms with Gasteiger partial charge >= 0.3 is 0 Å². The zero-order chi connectivity index (χ0) is 18.3. The fourth-order valence-electron chi connectivity index (χ4n) is 4.06. The number of amides is 1. The Bertz CT molecular complexity index is 997. The normalized spacial score (nSPS) is 17.6. The van der Waals surface area contributed by atoms with Crippen LogP contribution in [0.4, 0.5) is 0 Å². The molecule has 0 radical (unpaired) electrons. The Kier molecular flexibility index (Phi) is 4.15. The Morgan fingerprint density at radius 1 is 0.962 bits per heavy atom. The van der Waals surface area contributed by atoms with Gasteiger partial charge in [-0.3, -0.25) is 4.79 Å². The molecule has 26 heavy (non-hydrogen) atoms. The third-order valence-corrected chi connectivity index (χ3v) is 5.60. The van der Waals surface area contributed by atoms with Gasteiger partial charge in [-0.05, 0) is 37.5 Å². The Morgan fingerprint density at radius 2 is 1.65 bits per heavy atom. The molecular weight excluding hydrogens is 320 g/mol. The molecular formula is C23H24N2O. The number of rotatable bonds is 4. The minimum absolute atomic E-state index is 0.0253. The van der Waals surface area contributed by atoms with Crippen LogP contribution in [-0.4, -0.2) is 21.9 Å². The average Bonchev–Trinajstić information content (AvgIpc) is 3.10. The van der Waals surface area contributed by atoms with Gasteiger partial charge in [0.15, 0.2) is 0 Å². The van der Waals surface area contributed by atoms with Gasteiger partial charge in [0, 0.05) is 41.8 Å².